The minimum atomic E-state index is -0.0974. The number of hydrogen-bond acceptors (Lipinski definition) is 3. The van der Waals surface area contributed by atoms with E-state index in [1.54, 1.807) is 0 Å². The molecular weight excluding hydrogens is 262 g/mol. The number of rotatable bonds is 4. The highest BCUT2D eigenvalue weighted by molar-refractivity contribution is 5.63. The molecule has 4 heteroatoms. The van der Waals surface area contributed by atoms with Crippen LogP contribution in [-0.4, -0.2) is 27.4 Å². The molecule has 0 spiro atoms. The van der Waals surface area contributed by atoms with E-state index in [9.17, 15) is 5.11 Å². The van der Waals surface area contributed by atoms with E-state index >= 15 is 0 Å². The number of aryl methyl sites for hydroxylation is 1. The van der Waals surface area contributed by atoms with E-state index < -0.39 is 0 Å². The summed E-state index contributed by atoms with van der Waals surface area (Å²) in [4.78, 5) is 0. The van der Waals surface area contributed by atoms with Crippen molar-refractivity contribution < 1.29 is 5.11 Å². The van der Waals surface area contributed by atoms with Crippen molar-refractivity contribution >= 4 is 0 Å². The van der Waals surface area contributed by atoms with Gasteiger partial charge in [-0.25, -0.2) is 0 Å². The van der Waals surface area contributed by atoms with Crippen molar-refractivity contribution in [3.05, 3.63) is 41.6 Å². The molecule has 0 aliphatic heterocycles. The first-order chi connectivity index (χ1) is 10.2. The fourth-order valence-corrected chi connectivity index (χ4v) is 3.03. The Balaban J connectivity index is 1.66. The summed E-state index contributed by atoms with van der Waals surface area (Å²) in [6, 6.07) is 8.97. The maximum absolute atomic E-state index is 9.56. The van der Waals surface area contributed by atoms with Gasteiger partial charge >= 0.3 is 0 Å². The molecule has 0 saturated heterocycles. The largest absolute Gasteiger partial charge is 0.393 e. The molecule has 1 heterocycles. The van der Waals surface area contributed by atoms with Crippen LogP contribution in [0, 0.1) is 6.92 Å². The fraction of sp³-hybridized carbons (Fsp3) is 0.471. The summed E-state index contributed by atoms with van der Waals surface area (Å²) in [6.45, 7) is 2.92. The number of nitrogens with zero attached hydrogens (tertiary/aromatic N) is 1. The van der Waals surface area contributed by atoms with Crippen molar-refractivity contribution in [2.45, 2.75) is 51.3 Å². The van der Waals surface area contributed by atoms with Crippen LogP contribution in [-0.2, 0) is 6.54 Å². The van der Waals surface area contributed by atoms with Gasteiger partial charge in [0.25, 0.3) is 0 Å². The molecule has 112 valence electrons. The maximum atomic E-state index is 9.56. The first kappa shape index (κ1) is 14.3. The highest BCUT2D eigenvalue weighted by Crippen LogP contribution is 2.23. The third-order valence-electron chi connectivity index (χ3n) is 4.30. The lowest BCUT2D eigenvalue weighted by molar-refractivity contribution is 0.116. The molecule has 1 aromatic carbocycles. The van der Waals surface area contributed by atoms with E-state index in [4.69, 9.17) is 0 Å². The fourth-order valence-electron chi connectivity index (χ4n) is 3.03. The molecule has 0 unspecified atom stereocenters. The Morgan fingerprint density at radius 2 is 2.10 bits per heavy atom. The molecule has 1 fully saturated rings. The molecule has 0 radical (unpaired) electrons. The van der Waals surface area contributed by atoms with Crippen molar-refractivity contribution in [1.82, 2.24) is 15.5 Å². The number of nitrogens with one attached hydrogen (secondary N) is 2. The first-order valence-electron chi connectivity index (χ1n) is 7.73. The molecule has 1 saturated carbocycles. The number of benzene rings is 1. The van der Waals surface area contributed by atoms with Crippen LogP contribution >= 0.6 is 0 Å². The summed E-state index contributed by atoms with van der Waals surface area (Å²) < 4.78 is 0. The summed E-state index contributed by atoms with van der Waals surface area (Å²) in [7, 11) is 0. The maximum Gasteiger partial charge on any atom is 0.0695 e. The predicted octanol–water partition coefficient (Wildman–Crippen LogP) is 2.78. The second-order valence-electron chi connectivity index (χ2n) is 6.03. The number of hydrogen-bond donors (Lipinski definition) is 3. The van der Waals surface area contributed by atoms with Gasteiger partial charge in [-0.05, 0) is 38.7 Å². The molecule has 3 N–H and O–H groups in total. The van der Waals surface area contributed by atoms with Crippen LogP contribution in [0.3, 0.4) is 0 Å². The highest BCUT2D eigenvalue weighted by Gasteiger charge is 2.19. The normalized spacial score (nSPS) is 22.4. The lowest BCUT2D eigenvalue weighted by atomic mass is 9.93. The zero-order chi connectivity index (χ0) is 14.7. The van der Waals surface area contributed by atoms with Crippen molar-refractivity contribution in [2.75, 3.05) is 0 Å². The van der Waals surface area contributed by atoms with Crippen LogP contribution in [0.25, 0.3) is 11.3 Å². The van der Waals surface area contributed by atoms with Gasteiger partial charge in [-0.15, -0.1) is 0 Å². The number of aliphatic hydroxyl groups excluding tert-OH is 1. The third kappa shape index (κ3) is 3.52. The molecule has 1 aromatic heterocycles. The second kappa shape index (κ2) is 6.41. The Morgan fingerprint density at radius 1 is 1.29 bits per heavy atom. The van der Waals surface area contributed by atoms with Gasteiger partial charge in [0.2, 0.25) is 0 Å². The van der Waals surface area contributed by atoms with Crippen LogP contribution in [0.15, 0.2) is 30.5 Å². The smallest absolute Gasteiger partial charge is 0.0695 e. The molecule has 2 aromatic rings. The summed E-state index contributed by atoms with van der Waals surface area (Å²) >= 11 is 0. The van der Waals surface area contributed by atoms with Gasteiger partial charge < -0.3 is 10.4 Å². The summed E-state index contributed by atoms with van der Waals surface area (Å²) in [5.74, 6) is 0. The second-order valence-corrected chi connectivity index (χ2v) is 6.03. The monoisotopic (exact) mass is 285 g/mol. The van der Waals surface area contributed by atoms with Gasteiger partial charge in [0, 0.05) is 23.7 Å². The van der Waals surface area contributed by atoms with E-state index in [1.807, 2.05) is 6.20 Å². The van der Waals surface area contributed by atoms with Gasteiger partial charge in [0.1, 0.15) is 0 Å². The van der Waals surface area contributed by atoms with Crippen LogP contribution < -0.4 is 5.32 Å². The molecular formula is C17H23N3O. The van der Waals surface area contributed by atoms with Crippen LogP contribution in [0.4, 0.5) is 0 Å². The summed E-state index contributed by atoms with van der Waals surface area (Å²) in [5.41, 5.74) is 4.74. The number of aromatic amines is 1. The molecule has 1 aliphatic rings. The molecule has 0 bridgehead atoms. The lowest BCUT2D eigenvalue weighted by Crippen LogP contribution is -2.34. The van der Waals surface area contributed by atoms with Crippen molar-refractivity contribution in [3.8, 4) is 11.3 Å². The van der Waals surface area contributed by atoms with Crippen LogP contribution in [0.2, 0.25) is 0 Å². The Kier molecular flexibility index (Phi) is 4.36. The van der Waals surface area contributed by atoms with Crippen molar-refractivity contribution in [2.24, 2.45) is 0 Å². The molecule has 4 nitrogen and oxygen atoms in total. The Morgan fingerprint density at radius 3 is 2.86 bits per heavy atom. The van der Waals surface area contributed by atoms with E-state index in [0.717, 1.165) is 37.9 Å². The summed E-state index contributed by atoms with van der Waals surface area (Å²) in [5, 5.41) is 20.5. The van der Waals surface area contributed by atoms with Gasteiger partial charge in [0.15, 0.2) is 0 Å². The highest BCUT2D eigenvalue weighted by atomic mass is 16.3. The number of aliphatic hydroxyl groups is 1. The predicted molar refractivity (Wildman–Crippen MR) is 83.9 cm³/mol. The minimum absolute atomic E-state index is 0.0974. The minimum Gasteiger partial charge on any atom is -0.393 e. The SMILES string of the molecule is Cc1cccc(-c2[nH]ncc2CNC2CCC(O)CC2)c1. The van der Waals surface area contributed by atoms with E-state index in [-0.39, 0.29) is 6.10 Å². The average molecular weight is 285 g/mol. The van der Waals surface area contributed by atoms with E-state index in [1.165, 1.54) is 16.7 Å². The van der Waals surface area contributed by atoms with E-state index in [2.05, 4.69) is 46.7 Å². The topological polar surface area (TPSA) is 60.9 Å². The van der Waals surface area contributed by atoms with Gasteiger partial charge in [-0.1, -0.05) is 23.8 Å². The summed E-state index contributed by atoms with van der Waals surface area (Å²) in [6.07, 6.45) is 5.74. The third-order valence-corrected chi connectivity index (χ3v) is 4.30. The standard InChI is InChI=1S/C17H23N3O/c1-12-3-2-4-13(9-12)17-14(11-19-20-17)10-18-15-5-7-16(21)8-6-15/h2-4,9,11,15-16,18,21H,5-8,10H2,1H3,(H,19,20). The van der Waals surface area contributed by atoms with Crippen LogP contribution in [0.1, 0.15) is 36.8 Å². The molecule has 3 rings (SSSR count). The Labute approximate surface area is 125 Å². The lowest BCUT2D eigenvalue weighted by Gasteiger charge is -2.26. The van der Waals surface area contributed by atoms with Gasteiger partial charge in [-0.2, -0.15) is 5.10 Å². The van der Waals surface area contributed by atoms with Crippen molar-refractivity contribution in [1.29, 1.82) is 0 Å². The van der Waals surface area contributed by atoms with Crippen LogP contribution in [0.5, 0.6) is 0 Å². The number of aromatic nitrogens is 2. The van der Waals surface area contributed by atoms with E-state index in [0.29, 0.717) is 6.04 Å². The van der Waals surface area contributed by atoms with Gasteiger partial charge in [0.05, 0.1) is 18.0 Å². The molecule has 21 heavy (non-hydrogen) atoms. The number of H-pyrrole nitrogens is 1. The zero-order valence-electron chi connectivity index (χ0n) is 12.5. The quantitative estimate of drug-likeness (QED) is 0.809. The van der Waals surface area contributed by atoms with Gasteiger partial charge in [-0.3, -0.25) is 5.10 Å². The Bertz CT molecular complexity index is 585. The first-order valence-corrected chi connectivity index (χ1v) is 7.73. The molecule has 1 aliphatic carbocycles. The average Bonchev–Trinajstić information content (AvgIpc) is 2.95. The zero-order valence-corrected chi connectivity index (χ0v) is 12.5. The molecule has 0 atom stereocenters. The van der Waals surface area contributed by atoms with Crippen molar-refractivity contribution in [3.63, 3.8) is 0 Å². The molecule has 0 amide bonds. The Hall–Kier alpha value is -1.65.